The van der Waals surface area contributed by atoms with Crippen molar-refractivity contribution >= 4 is 17.3 Å². The van der Waals surface area contributed by atoms with E-state index in [0.717, 1.165) is 37.2 Å². The van der Waals surface area contributed by atoms with E-state index >= 15 is 0 Å². The number of likely N-dealkylation sites (tertiary alicyclic amines) is 1. The van der Waals surface area contributed by atoms with Gasteiger partial charge in [-0.25, -0.2) is 4.98 Å². The molecule has 1 aliphatic rings. The molecule has 0 aliphatic carbocycles. The summed E-state index contributed by atoms with van der Waals surface area (Å²) in [6.07, 6.45) is 7.00. The Hall–Kier alpha value is -0.940. The zero-order valence-corrected chi connectivity index (χ0v) is 11.5. The van der Waals surface area contributed by atoms with Crippen LogP contribution in [0.2, 0.25) is 0 Å². The SMILES string of the molecule is CC(c1nccs1)N1CCCCCCC1C(=O)O. The van der Waals surface area contributed by atoms with Gasteiger partial charge in [-0.2, -0.15) is 0 Å². The van der Waals surface area contributed by atoms with Gasteiger partial charge in [-0.3, -0.25) is 9.69 Å². The first-order valence-electron chi connectivity index (χ1n) is 6.58. The smallest absolute Gasteiger partial charge is 0.320 e. The quantitative estimate of drug-likeness (QED) is 0.915. The topological polar surface area (TPSA) is 53.4 Å². The number of carboxylic acids is 1. The molecule has 18 heavy (non-hydrogen) atoms. The molecule has 100 valence electrons. The second kappa shape index (κ2) is 6.29. The van der Waals surface area contributed by atoms with Gasteiger partial charge in [0, 0.05) is 11.6 Å². The molecule has 2 heterocycles. The van der Waals surface area contributed by atoms with E-state index in [1.807, 2.05) is 5.38 Å². The lowest BCUT2D eigenvalue weighted by Crippen LogP contribution is -2.43. The maximum Gasteiger partial charge on any atom is 0.320 e. The molecule has 1 saturated heterocycles. The predicted molar refractivity (Wildman–Crippen MR) is 71.7 cm³/mol. The summed E-state index contributed by atoms with van der Waals surface area (Å²) < 4.78 is 0. The largest absolute Gasteiger partial charge is 0.480 e. The summed E-state index contributed by atoms with van der Waals surface area (Å²) in [5.41, 5.74) is 0. The highest BCUT2D eigenvalue weighted by atomic mass is 32.1. The van der Waals surface area contributed by atoms with Crippen LogP contribution >= 0.6 is 11.3 Å². The number of hydrogen-bond acceptors (Lipinski definition) is 4. The van der Waals surface area contributed by atoms with Crippen LogP contribution in [-0.4, -0.2) is 33.5 Å². The summed E-state index contributed by atoms with van der Waals surface area (Å²) in [5, 5.41) is 12.4. The molecule has 1 aliphatic heterocycles. The molecule has 1 aromatic rings. The van der Waals surface area contributed by atoms with Gasteiger partial charge in [0.1, 0.15) is 11.0 Å². The van der Waals surface area contributed by atoms with Crippen molar-refractivity contribution in [1.29, 1.82) is 0 Å². The number of nitrogens with zero attached hydrogens (tertiary/aromatic N) is 2. The summed E-state index contributed by atoms with van der Waals surface area (Å²) in [6, 6.07) is -0.256. The Labute approximate surface area is 112 Å². The highest BCUT2D eigenvalue weighted by molar-refractivity contribution is 7.09. The number of carboxylic acid groups (broad SMARTS) is 1. The van der Waals surface area contributed by atoms with E-state index < -0.39 is 5.97 Å². The molecule has 5 heteroatoms. The summed E-state index contributed by atoms with van der Waals surface area (Å²) in [7, 11) is 0. The molecule has 1 aromatic heterocycles. The van der Waals surface area contributed by atoms with Crippen LogP contribution in [0.5, 0.6) is 0 Å². The first-order valence-corrected chi connectivity index (χ1v) is 7.46. The van der Waals surface area contributed by atoms with Crippen LogP contribution in [0.1, 0.15) is 50.1 Å². The van der Waals surface area contributed by atoms with Gasteiger partial charge >= 0.3 is 5.97 Å². The lowest BCUT2D eigenvalue weighted by atomic mass is 10.0. The second-order valence-electron chi connectivity index (χ2n) is 4.84. The Morgan fingerprint density at radius 1 is 1.50 bits per heavy atom. The minimum atomic E-state index is -0.694. The van der Waals surface area contributed by atoms with Crippen LogP contribution in [0.4, 0.5) is 0 Å². The number of hydrogen-bond donors (Lipinski definition) is 1. The van der Waals surface area contributed by atoms with Crippen molar-refractivity contribution in [3.63, 3.8) is 0 Å². The average Bonchev–Trinajstić information content (AvgIpc) is 2.80. The lowest BCUT2D eigenvalue weighted by Gasteiger charge is -2.34. The van der Waals surface area contributed by atoms with Gasteiger partial charge < -0.3 is 5.11 Å². The Kier molecular flexibility index (Phi) is 4.72. The number of aliphatic carboxylic acids is 1. The fourth-order valence-corrected chi connectivity index (χ4v) is 3.33. The van der Waals surface area contributed by atoms with Crippen molar-refractivity contribution < 1.29 is 9.90 Å². The number of rotatable bonds is 3. The van der Waals surface area contributed by atoms with Crippen LogP contribution < -0.4 is 0 Å². The van der Waals surface area contributed by atoms with Gasteiger partial charge in [0.2, 0.25) is 0 Å². The zero-order valence-electron chi connectivity index (χ0n) is 10.7. The van der Waals surface area contributed by atoms with E-state index in [1.165, 1.54) is 6.42 Å². The van der Waals surface area contributed by atoms with Gasteiger partial charge in [0.05, 0.1) is 6.04 Å². The van der Waals surface area contributed by atoms with E-state index in [-0.39, 0.29) is 12.1 Å². The molecule has 0 amide bonds. The Morgan fingerprint density at radius 2 is 2.28 bits per heavy atom. The molecule has 2 rings (SSSR count). The summed E-state index contributed by atoms with van der Waals surface area (Å²) in [5.74, 6) is -0.694. The highest BCUT2D eigenvalue weighted by Gasteiger charge is 2.31. The number of thiazole rings is 1. The standard InChI is InChI=1S/C13H20N2O2S/c1-10(12-14-7-9-18-12)15-8-5-3-2-4-6-11(15)13(16)17/h7,9-11H,2-6,8H2,1H3,(H,16,17). The molecule has 0 bridgehead atoms. The average molecular weight is 268 g/mol. The minimum Gasteiger partial charge on any atom is -0.480 e. The Bertz CT molecular complexity index is 380. The van der Waals surface area contributed by atoms with Crippen molar-refractivity contribution in [1.82, 2.24) is 9.88 Å². The van der Waals surface area contributed by atoms with Crippen LogP contribution in [-0.2, 0) is 4.79 Å². The maximum absolute atomic E-state index is 11.4. The summed E-state index contributed by atoms with van der Waals surface area (Å²) >= 11 is 1.60. The molecule has 4 nitrogen and oxygen atoms in total. The zero-order chi connectivity index (χ0) is 13.0. The van der Waals surface area contributed by atoms with Gasteiger partial charge in [-0.1, -0.05) is 19.3 Å². The molecule has 0 aromatic carbocycles. The van der Waals surface area contributed by atoms with Crippen molar-refractivity contribution in [3.05, 3.63) is 16.6 Å². The first-order chi connectivity index (χ1) is 8.70. The van der Waals surface area contributed by atoms with E-state index in [1.54, 1.807) is 17.5 Å². The van der Waals surface area contributed by atoms with Crippen LogP contribution in [0.3, 0.4) is 0 Å². The van der Waals surface area contributed by atoms with Crippen molar-refractivity contribution in [2.24, 2.45) is 0 Å². The van der Waals surface area contributed by atoms with Crippen LogP contribution in [0.15, 0.2) is 11.6 Å². The van der Waals surface area contributed by atoms with E-state index in [4.69, 9.17) is 0 Å². The molecular weight excluding hydrogens is 248 g/mol. The second-order valence-corrected chi connectivity index (χ2v) is 5.77. The van der Waals surface area contributed by atoms with Crippen LogP contribution in [0, 0.1) is 0 Å². The maximum atomic E-state index is 11.4. The van der Waals surface area contributed by atoms with Gasteiger partial charge in [0.25, 0.3) is 0 Å². The van der Waals surface area contributed by atoms with Crippen molar-refractivity contribution in [2.75, 3.05) is 6.54 Å². The molecule has 1 fully saturated rings. The predicted octanol–water partition coefficient (Wildman–Crippen LogP) is 2.92. The number of aromatic nitrogens is 1. The van der Waals surface area contributed by atoms with Crippen molar-refractivity contribution in [3.8, 4) is 0 Å². The fourth-order valence-electron chi connectivity index (χ4n) is 2.62. The van der Waals surface area contributed by atoms with Gasteiger partial charge in [-0.15, -0.1) is 11.3 Å². The third kappa shape index (κ3) is 3.09. The third-order valence-corrected chi connectivity index (χ3v) is 4.58. The highest BCUT2D eigenvalue weighted by Crippen LogP contribution is 2.28. The molecule has 1 N–H and O–H groups in total. The Balaban J connectivity index is 2.16. The summed E-state index contributed by atoms with van der Waals surface area (Å²) in [6.45, 7) is 2.92. The molecule has 0 radical (unpaired) electrons. The van der Waals surface area contributed by atoms with Gasteiger partial charge in [-0.05, 0) is 26.3 Å². The Morgan fingerprint density at radius 3 is 2.94 bits per heavy atom. The fraction of sp³-hybridized carbons (Fsp3) is 0.692. The molecule has 2 atom stereocenters. The van der Waals surface area contributed by atoms with Crippen LogP contribution in [0.25, 0.3) is 0 Å². The lowest BCUT2D eigenvalue weighted by molar-refractivity contribution is -0.145. The normalized spacial score (nSPS) is 24.2. The molecule has 2 unspecified atom stereocenters. The summed E-state index contributed by atoms with van der Waals surface area (Å²) in [4.78, 5) is 17.9. The van der Waals surface area contributed by atoms with E-state index in [0.29, 0.717) is 0 Å². The van der Waals surface area contributed by atoms with E-state index in [9.17, 15) is 9.90 Å². The van der Waals surface area contributed by atoms with Gasteiger partial charge in [0.15, 0.2) is 0 Å². The monoisotopic (exact) mass is 268 g/mol. The first kappa shape index (κ1) is 13.5. The molecule has 0 spiro atoms. The number of carbonyl (C=O) groups is 1. The molecular formula is C13H20N2O2S. The van der Waals surface area contributed by atoms with Crippen molar-refractivity contribution in [2.45, 2.75) is 51.1 Å². The minimum absolute atomic E-state index is 0.101. The third-order valence-electron chi connectivity index (χ3n) is 3.64. The molecule has 0 saturated carbocycles. The van der Waals surface area contributed by atoms with E-state index in [2.05, 4.69) is 16.8 Å².